The van der Waals surface area contributed by atoms with Gasteiger partial charge in [0.25, 0.3) is 0 Å². The second-order valence-electron chi connectivity index (χ2n) is 3.19. The fourth-order valence-corrected chi connectivity index (χ4v) is 8.43. The second-order valence-corrected chi connectivity index (χ2v) is 27.9. The van der Waals surface area contributed by atoms with E-state index in [1.807, 2.05) is 3.88 Å². The van der Waals surface area contributed by atoms with E-state index in [2.05, 4.69) is 19.9 Å². The average Bonchev–Trinajstić information content (AvgIpc) is 2.14. The zero-order valence-electron chi connectivity index (χ0n) is 7.66. The van der Waals surface area contributed by atoms with Crippen molar-refractivity contribution in [2.75, 3.05) is 0 Å². The van der Waals surface area contributed by atoms with Crippen LogP contribution in [0.15, 0.2) is 21.1 Å². The van der Waals surface area contributed by atoms with E-state index in [1.54, 1.807) is 11.1 Å². The van der Waals surface area contributed by atoms with Gasteiger partial charge in [0.15, 0.2) is 0 Å². The van der Waals surface area contributed by atoms with E-state index in [0.29, 0.717) is 0 Å². The van der Waals surface area contributed by atoms with Gasteiger partial charge < -0.3 is 17.0 Å². The summed E-state index contributed by atoms with van der Waals surface area (Å²) in [6.07, 6.45) is 3.74. The fraction of sp³-hybridized carbons (Fsp3) is 0.429. The zero-order valence-corrected chi connectivity index (χ0v) is 14.8. The predicted molar refractivity (Wildman–Crippen MR) is 51.0 cm³/mol. The van der Waals surface area contributed by atoms with Crippen molar-refractivity contribution < 1.29 is 33.4 Å². The summed E-state index contributed by atoms with van der Waals surface area (Å²) in [6, 6.07) is 0. The predicted octanol–water partition coefficient (Wildman–Crippen LogP) is -3.21. The van der Waals surface area contributed by atoms with Crippen molar-refractivity contribution in [1.82, 2.24) is 0 Å². The Morgan fingerprint density at radius 1 is 1.36 bits per heavy atom. The van der Waals surface area contributed by atoms with Crippen molar-refractivity contribution in [3.05, 3.63) is 21.1 Å². The Bertz CT molecular complexity index is 208. The van der Waals surface area contributed by atoms with Crippen LogP contribution in [-0.2, 0) is 16.4 Å². The molecule has 0 heterocycles. The maximum absolute atomic E-state index is 2.41. The molecule has 11 heavy (non-hydrogen) atoms. The minimum absolute atomic E-state index is 0. The Hall–Kier alpha value is 1.11. The van der Waals surface area contributed by atoms with Crippen molar-refractivity contribution in [2.24, 2.45) is 0 Å². The quantitative estimate of drug-likeness (QED) is 0.445. The van der Waals surface area contributed by atoms with Crippen molar-refractivity contribution in [3.8, 4) is 0 Å². The summed E-state index contributed by atoms with van der Waals surface area (Å²) in [6.45, 7) is 4.57. The van der Waals surface area contributed by atoms with Crippen LogP contribution in [0.25, 0.3) is 0 Å². The summed E-state index contributed by atoms with van der Waals surface area (Å²) in [4.78, 5) is 0. The molecule has 0 unspecified atom stereocenters. The molecular weight excluding hydrogens is 268 g/mol. The van der Waals surface area contributed by atoms with E-state index in [9.17, 15) is 0 Å². The van der Waals surface area contributed by atoms with Gasteiger partial charge in [-0.3, -0.25) is 0 Å². The van der Waals surface area contributed by atoms with Crippen LogP contribution in [0, 0.1) is 0 Å². The van der Waals surface area contributed by atoms with E-state index in [-0.39, 0.29) is 17.0 Å². The minimum Gasteiger partial charge on any atom is -1.00 e. The summed E-state index contributed by atoms with van der Waals surface area (Å²) < 4.78 is 1.91. The second kappa shape index (κ2) is 4.97. The first-order valence-corrected chi connectivity index (χ1v) is 16.0. The van der Waals surface area contributed by atoms with Gasteiger partial charge in [0, 0.05) is 0 Å². The first-order valence-electron chi connectivity index (χ1n) is 3.80. The molecule has 0 N–H and O–H groups in total. The Morgan fingerprint density at radius 3 is 2.09 bits per heavy atom. The molecule has 0 fully saturated rings. The molecule has 0 aromatic heterocycles. The van der Waals surface area contributed by atoms with E-state index in [4.69, 9.17) is 0 Å². The Balaban J connectivity index is 0.000001000. The molecule has 4 heteroatoms. The molecule has 0 atom stereocenters. The van der Waals surface area contributed by atoms with Crippen LogP contribution in [0.1, 0.15) is 20.3 Å². The molecule has 62 valence electrons. The molecular formula is C7H15BrSi2Ti. The maximum atomic E-state index is 2.41. The normalized spacial score (nSPS) is 16.7. The van der Waals surface area contributed by atoms with Crippen molar-refractivity contribution in [3.63, 3.8) is 0 Å². The molecule has 0 saturated carbocycles. The van der Waals surface area contributed by atoms with Crippen molar-refractivity contribution in [1.29, 1.82) is 0 Å². The summed E-state index contributed by atoms with van der Waals surface area (Å²) in [5, 5.41) is 0. The number of halogens is 1. The first kappa shape index (κ1) is 12.1. The van der Waals surface area contributed by atoms with Crippen LogP contribution in [0.2, 0.25) is 0 Å². The van der Waals surface area contributed by atoms with Gasteiger partial charge in [0.1, 0.15) is 0 Å². The third-order valence-electron chi connectivity index (χ3n) is 2.26. The van der Waals surface area contributed by atoms with E-state index >= 15 is 0 Å². The molecule has 1 aliphatic rings. The number of hydrogen-bond donors (Lipinski definition) is 0. The maximum Gasteiger partial charge on any atom is -1.00 e. The smallest absolute Gasteiger partial charge is 1.00 e. The molecule has 1 rings (SSSR count). The summed E-state index contributed by atoms with van der Waals surface area (Å²) in [5.41, 5.74) is 3.23. The van der Waals surface area contributed by atoms with Gasteiger partial charge in [-0.2, -0.15) is 0 Å². The third kappa shape index (κ3) is 2.81. The Kier molecular flexibility index (Phi) is 5.47. The molecule has 1 aliphatic carbocycles. The van der Waals surface area contributed by atoms with Crippen LogP contribution in [0.4, 0.5) is 0 Å². The van der Waals surface area contributed by atoms with Gasteiger partial charge in [-0.05, 0) is 0 Å². The molecule has 0 saturated heterocycles. The SMILES string of the molecule is CC1=CC[C]([Ti+]([SiH3])[SiH3])=C1C.[Br-]. The van der Waals surface area contributed by atoms with Gasteiger partial charge in [0.05, 0.1) is 0 Å². The van der Waals surface area contributed by atoms with Gasteiger partial charge in [0.2, 0.25) is 0 Å². The topological polar surface area (TPSA) is 0 Å². The summed E-state index contributed by atoms with van der Waals surface area (Å²) in [5.74, 6) is 0. The molecule has 0 aromatic rings. The summed E-state index contributed by atoms with van der Waals surface area (Å²) >= 11 is -0.458. The molecule has 0 nitrogen and oxygen atoms in total. The van der Waals surface area contributed by atoms with E-state index < -0.39 is 16.4 Å². The fourth-order valence-electron chi connectivity index (χ4n) is 1.38. The van der Waals surface area contributed by atoms with Crippen LogP contribution in [0.5, 0.6) is 0 Å². The third-order valence-corrected chi connectivity index (χ3v) is 10.0. The molecule has 0 spiro atoms. The molecule has 0 aromatic carbocycles. The van der Waals surface area contributed by atoms with Crippen LogP contribution < -0.4 is 17.0 Å². The van der Waals surface area contributed by atoms with Gasteiger partial charge >= 0.3 is 74.0 Å². The van der Waals surface area contributed by atoms with E-state index in [0.717, 1.165) is 0 Å². The molecule has 0 bridgehead atoms. The van der Waals surface area contributed by atoms with Crippen molar-refractivity contribution >= 4 is 16.2 Å². The molecule has 0 radical (unpaired) electrons. The average molecular weight is 283 g/mol. The number of hydrogen-bond acceptors (Lipinski definition) is 0. The minimum atomic E-state index is -0.458. The largest absolute Gasteiger partial charge is 1.00 e. The Labute approximate surface area is 90.4 Å². The zero-order chi connectivity index (χ0) is 7.72. The van der Waals surface area contributed by atoms with E-state index in [1.165, 1.54) is 22.6 Å². The van der Waals surface area contributed by atoms with Crippen LogP contribution >= 0.6 is 0 Å². The molecule has 0 amide bonds. The number of rotatable bonds is 1. The van der Waals surface area contributed by atoms with Gasteiger partial charge in [-0.1, -0.05) is 0 Å². The standard InChI is InChI=1S/C7H9.BrH.2H3Si.Ti/c1-6-4-3-5-7(6)2;;;;/h4H,3H2,1-2H3;1H;2*1H3;/q;;;;+1/p-1. The van der Waals surface area contributed by atoms with Gasteiger partial charge in [-0.25, -0.2) is 0 Å². The van der Waals surface area contributed by atoms with Gasteiger partial charge in [-0.15, -0.1) is 0 Å². The Morgan fingerprint density at radius 2 is 1.91 bits per heavy atom. The number of allylic oxidation sites excluding steroid dienone is 4. The van der Waals surface area contributed by atoms with Crippen LogP contribution in [-0.4, -0.2) is 16.2 Å². The molecule has 0 aliphatic heterocycles. The summed E-state index contributed by atoms with van der Waals surface area (Å²) in [7, 11) is 3.06. The van der Waals surface area contributed by atoms with Crippen LogP contribution in [0.3, 0.4) is 0 Å². The monoisotopic (exact) mass is 282 g/mol. The first-order chi connectivity index (χ1) is 4.63. The van der Waals surface area contributed by atoms with Crippen molar-refractivity contribution in [2.45, 2.75) is 20.3 Å².